The molecule has 0 atom stereocenters. The Bertz CT molecular complexity index is 557. The van der Waals surface area contributed by atoms with Crippen LogP contribution in [0.1, 0.15) is 16.1 Å². The molecule has 86 valence electrons. The number of aromatic nitrogens is 2. The second kappa shape index (κ2) is 4.69. The van der Waals surface area contributed by atoms with Crippen molar-refractivity contribution >= 4 is 11.6 Å². The van der Waals surface area contributed by atoms with Crippen molar-refractivity contribution in [2.75, 3.05) is 5.32 Å². The Kier molecular flexibility index (Phi) is 3.09. The van der Waals surface area contributed by atoms with Gasteiger partial charge in [-0.25, -0.2) is 4.98 Å². The summed E-state index contributed by atoms with van der Waals surface area (Å²) in [4.78, 5) is 19.2. The summed E-state index contributed by atoms with van der Waals surface area (Å²) in [6, 6.07) is 5.85. The summed E-state index contributed by atoms with van der Waals surface area (Å²) < 4.78 is 12.8. The molecular formula is C12H10FN3O. The monoisotopic (exact) mass is 231 g/mol. The minimum atomic E-state index is -0.680. The van der Waals surface area contributed by atoms with Gasteiger partial charge >= 0.3 is 0 Å². The van der Waals surface area contributed by atoms with Crippen LogP contribution in [-0.4, -0.2) is 15.9 Å². The van der Waals surface area contributed by atoms with Crippen molar-refractivity contribution in [3.05, 3.63) is 53.9 Å². The predicted molar refractivity (Wildman–Crippen MR) is 61.1 cm³/mol. The number of aryl methyl sites for hydroxylation is 1. The Morgan fingerprint density at radius 3 is 2.88 bits per heavy atom. The molecule has 0 aliphatic heterocycles. The molecule has 0 aliphatic carbocycles. The highest BCUT2D eigenvalue weighted by atomic mass is 19.1. The van der Waals surface area contributed by atoms with Gasteiger partial charge in [-0.2, -0.15) is 4.39 Å². The van der Waals surface area contributed by atoms with Crippen LogP contribution < -0.4 is 5.32 Å². The molecule has 1 N–H and O–H groups in total. The molecule has 0 radical (unpaired) electrons. The first-order chi connectivity index (χ1) is 8.16. The molecule has 4 nitrogen and oxygen atoms in total. The molecule has 0 bridgehead atoms. The van der Waals surface area contributed by atoms with Crippen LogP contribution in [0.15, 0.2) is 36.7 Å². The molecule has 0 saturated heterocycles. The van der Waals surface area contributed by atoms with Crippen molar-refractivity contribution in [1.29, 1.82) is 0 Å². The summed E-state index contributed by atoms with van der Waals surface area (Å²) in [5.74, 6) is -1.14. The highest BCUT2D eigenvalue weighted by molar-refractivity contribution is 6.03. The third-order valence-corrected chi connectivity index (χ3v) is 2.24. The molecule has 0 unspecified atom stereocenters. The summed E-state index contributed by atoms with van der Waals surface area (Å²) in [5.41, 5.74) is 1.50. The summed E-state index contributed by atoms with van der Waals surface area (Å²) in [5, 5.41) is 2.62. The van der Waals surface area contributed by atoms with Crippen molar-refractivity contribution in [2.45, 2.75) is 6.92 Å². The number of pyridine rings is 2. The normalized spacial score (nSPS) is 10.0. The number of nitrogens with zero attached hydrogens (tertiary/aromatic N) is 2. The van der Waals surface area contributed by atoms with E-state index in [1.165, 1.54) is 24.4 Å². The Morgan fingerprint density at radius 1 is 1.35 bits per heavy atom. The zero-order valence-electron chi connectivity index (χ0n) is 9.14. The highest BCUT2D eigenvalue weighted by Gasteiger charge is 2.09. The van der Waals surface area contributed by atoms with Crippen molar-refractivity contribution in [1.82, 2.24) is 9.97 Å². The maximum atomic E-state index is 12.8. The number of carbonyl (C=O) groups is 1. The van der Waals surface area contributed by atoms with Crippen LogP contribution in [0.2, 0.25) is 0 Å². The molecule has 2 heterocycles. The lowest BCUT2D eigenvalue weighted by molar-refractivity contribution is 0.102. The SMILES string of the molecule is Cc1ccncc1NC(=O)c1cccc(F)n1. The number of anilines is 1. The zero-order chi connectivity index (χ0) is 12.3. The molecule has 0 spiro atoms. The number of nitrogens with one attached hydrogen (secondary N) is 1. The van der Waals surface area contributed by atoms with Gasteiger partial charge in [0.2, 0.25) is 5.95 Å². The lowest BCUT2D eigenvalue weighted by Crippen LogP contribution is -2.15. The van der Waals surface area contributed by atoms with E-state index in [0.717, 1.165) is 5.56 Å². The minimum Gasteiger partial charge on any atom is -0.319 e. The second-order valence-electron chi connectivity index (χ2n) is 3.49. The number of hydrogen-bond donors (Lipinski definition) is 1. The molecule has 0 aliphatic rings. The van der Waals surface area contributed by atoms with Gasteiger partial charge in [-0.3, -0.25) is 9.78 Å². The fraction of sp³-hybridized carbons (Fsp3) is 0.0833. The molecule has 0 fully saturated rings. The molecule has 2 rings (SSSR count). The van der Waals surface area contributed by atoms with Crippen LogP contribution in [0.4, 0.5) is 10.1 Å². The lowest BCUT2D eigenvalue weighted by Gasteiger charge is -2.06. The van der Waals surface area contributed by atoms with Gasteiger partial charge in [0.1, 0.15) is 5.69 Å². The summed E-state index contributed by atoms with van der Waals surface area (Å²) in [6.07, 6.45) is 3.16. The largest absolute Gasteiger partial charge is 0.319 e. The summed E-state index contributed by atoms with van der Waals surface area (Å²) in [7, 11) is 0. The molecular weight excluding hydrogens is 221 g/mol. The molecule has 2 aromatic rings. The lowest BCUT2D eigenvalue weighted by atomic mass is 10.2. The van der Waals surface area contributed by atoms with Crippen molar-refractivity contribution in [3.63, 3.8) is 0 Å². The highest BCUT2D eigenvalue weighted by Crippen LogP contribution is 2.12. The van der Waals surface area contributed by atoms with Gasteiger partial charge in [0.25, 0.3) is 5.91 Å². The van der Waals surface area contributed by atoms with Crippen LogP contribution >= 0.6 is 0 Å². The number of carbonyl (C=O) groups excluding carboxylic acids is 1. The molecule has 0 saturated carbocycles. The topological polar surface area (TPSA) is 54.9 Å². The maximum absolute atomic E-state index is 12.8. The van der Waals surface area contributed by atoms with E-state index in [4.69, 9.17) is 0 Å². The fourth-order valence-electron chi connectivity index (χ4n) is 1.32. The van der Waals surface area contributed by atoms with Crippen LogP contribution in [0.25, 0.3) is 0 Å². The number of halogens is 1. The molecule has 0 aromatic carbocycles. The van der Waals surface area contributed by atoms with Crippen LogP contribution in [-0.2, 0) is 0 Å². The molecule has 5 heteroatoms. The van der Waals surface area contributed by atoms with Crippen LogP contribution in [0.3, 0.4) is 0 Å². The average Bonchev–Trinajstić information content (AvgIpc) is 2.32. The van der Waals surface area contributed by atoms with Crippen LogP contribution in [0.5, 0.6) is 0 Å². The Balaban J connectivity index is 2.20. The van der Waals surface area contributed by atoms with Gasteiger partial charge in [-0.1, -0.05) is 6.07 Å². The van der Waals surface area contributed by atoms with E-state index in [1.54, 1.807) is 12.3 Å². The number of hydrogen-bond acceptors (Lipinski definition) is 3. The predicted octanol–water partition coefficient (Wildman–Crippen LogP) is 2.18. The Hall–Kier alpha value is -2.30. The van der Waals surface area contributed by atoms with E-state index in [2.05, 4.69) is 15.3 Å². The van der Waals surface area contributed by atoms with Gasteiger partial charge in [0, 0.05) is 6.20 Å². The molecule has 17 heavy (non-hydrogen) atoms. The first-order valence-corrected chi connectivity index (χ1v) is 5.01. The van der Waals surface area contributed by atoms with Crippen molar-refractivity contribution in [2.24, 2.45) is 0 Å². The van der Waals surface area contributed by atoms with Crippen LogP contribution in [0, 0.1) is 12.9 Å². The standard InChI is InChI=1S/C12H10FN3O/c1-8-5-6-14-7-10(8)16-12(17)9-3-2-4-11(13)15-9/h2-7H,1H3,(H,16,17). The van der Waals surface area contributed by atoms with Gasteiger partial charge in [-0.15, -0.1) is 0 Å². The van der Waals surface area contributed by atoms with E-state index in [9.17, 15) is 9.18 Å². The quantitative estimate of drug-likeness (QED) is 0.806. The van der Waals surface area contributed by atoms with Crippen molar-refractivity contribution < 1.29 is 9.18 Å². The van der Waals surface area contributed by atoms with Gasteiger partial charge < -0.3 is 5.32 Å². The van der Waals surface area contributed by atoms with Gasteiger partial charge in [0.15, 0.2) is 0 Å². The van der Waals surface area contributed by atoms with Gasteiger partial charge in [0.05, 0.1) is 11.9 Å². The third kappa shape index (κ3) is 2.63. The zero-order valence-corrected chi connectivity index (χ0v) is 9.14. The fourth-order valence-corrected chi connectivity index (χ4v) is 1.32. The van der Waals surface area contributed by atoms with Crippen molar-refractivity contribution in [3.8, 4) is 0 Å². The maximum Gasteiger partial charge on any atom is 0.274 e. The number of rotatable bonds is 2. The molecule has 2 aromatic heterocycles. The second-order valence-corrected chi connectivity index (χ2v) is 3.49. The smallest absolute Gasteiger partial charge is 0.274 e. The van der Waals surface area contributed by atoms with E-state index in [-0.39, 0.29) is 5.69 Å². The Morgan fingerprint density at radius 2 is 2.18 bits per heavy atom. The Labute approximate surface area is 97.5 Å². The van der Waals surface area contributed by atoms with E-state index in [1.807, 2.05) is 6.92 Å². The van der Waals surface area contributed by atoms with E-state index in [0.29, 0.717) is 5.69 Å². The third-order valence-electron chi connectivity index (χ3n) is 2.24. The molecule has 1 amide bonds. The van der Waals surface area contributed by atoms with Gasteiger partial charge in [-0.05, 0) is 30.7 Å². The average molecular weight is 231 g/mol. The van der Waals surface area contributed by atoms with E-state index < -0.39 is 11.9 Å². The first-order valence-electron chi connectivity index (χ1n) is 5.01. The summed E-state index contributed by atoms with van der Waals surface area (Å²) in [6.45, 7) is 1.84. The minimum absolute atomic E-state index is 0.0354. The van der Waals surface area contributed by atoms with E-state index >= 15 is 0 Å². The first kappa shape index (κ1) is 11.2. The number of amides is 1. The summed E-state index contributed by atoms with van der Waals surface area (Å²) >= 11 is 0.